The fourth-order valence-electron chi connectivity index (χ4n) is 3.88. The zero-order chi connectivity index (χ0) is 20.5. The molecule has 0 unspecified atom stereocenters. The average molecular weight is 413 g/mol. The van der Waals surface area contributed by atoms with E-state index in [4.69, 9.17) is 11.6 Å². The van der Waals surface area contributed by atoms with E-state index in [2.05, 4.69) is 6.92 Å². The molecule has 0 aliphatic carbocycles. The molecular weight excluding hydrogens is 391 g/mol. The van der Waals surface area contributed by atoms with E-state index in [1.54, 1.807) is 36.4 Å². The summed E-state index contributed by atoms with van der Waals surface area (Å²) in [5.41, 5.74) is 2.18. The molecule has 2 aromatic carbocycles. The number of hydrogen-bond acceptors (Lipinski definition) is 3. The van der Waals surface area contributed by atoms with Gasteiger partial charge >= 0.3 is 0 Å². The third kappa shape index (κ3) is 3.92. The first-order valence-corrected chi connectivity index (χ1v) is 10.2. The van der Waals surface area contributed by atoms with Crippen LogP contribution < -0.4 is 0 Å². The molecule has 0 saturated carbocycles. The van der Waals surface area contributed by atoms with Crippen molar-refractivity contribution in [3.63, 3.8) is 0 Å². The summed E-state index contributed by atoms with van der Waals surface area (Å²) in [7, 11) is 0. The van der Waals surface area contributed by atoms with Crippen molar-refractivity contribution in [1.82, 2.24) is 9.80 Å². The highest BCUT2D eigenvalue weighted by molar-refractivity contribution is 6.35. The quantitative estimate of drug-likeness (QED) is 0.694. The first-order chi connectivity index (χ1) is 13.9. The van der Waals surface area contributed by atoms with Gasteiger partial charge in [0.25, 0.3) is 11.8 Å². The van der Waals surface area contributed by atoms with Gasteiger partial charge in [0.15, 0.2) is 0 Å². The number of imide groups is 1. The van der Waals surface area contributed by atoms with Crippen molar-refractivity contribution < 1.29 is 14.0 Å². The lowest BCUT2D eigenvalue weighted by atomic mass is 9.97. The molecule has 4 rings (SSSR count). The lowest BCUT2D eigenvalue weighted by molar-refractivity contribution is -0.138. The number of amides is 2. The minimum absolute atomic E-state index is 0.174. The van der Waals surface area contributed by atoms with E-state index in [0.717, 1.165) is 31.5 Å². The van der Waals surface area contributed by atoms with Crippen molar-refractivity contribution in [2.75, 3.05) is 13.1 Å². The topological polar surface area (TPSA) is 40.6 Å². The summed E-state index contributed by atoms with van der Waals surface area (Å²) in [5, 5.41) is 0.598. The fourth-order valence-corrected chi connectivity index (χ4v) is 4.01. The summed E-state index contributed by atoms with van der Waals surface area (Å²) in [4.78, 5) is 29.9. The smallest absolute Gasteiger partial charge is 0.278 e. The Bertz CT molecular complexity index is 961. The van der Waals surface area contributed by atoms with Crippen LogP contribution in [0.2, 0.25) is 5.02 Å². The summed E-state index contributed by atoms with van der Waals surface area (Å²) < 4.78 is 13.4. The van der Waals surface area contributed by atoms with Gasteiger partial charge in [0.2, 0.25) is 0 Å². The molecule has 2 aliphatic rings. The SMILES string of the molecule is CC1CCN(C2=C(c3ccc(F)cc3)C(=O)N(Cc3ccc(Cl)cc3)C2=O)CC1. The fraction of sp³-hybridized carbons (Fsp3) is 0.304. The predicted octanol–water partition coefficient (Wildman–Crippen LogP) is 4.49. The number of carbonyl (C=O) groups is 2. The molecule has 2 aromatic rings. The van der Waals surface area contributed by atoms with Gasteiger partial charge in [-0.2, -0.15) is 0 Å². The molecule has 0 spiro atoms. The molecule has 0 radical (unpaired) electrons. The Kier molecular flexibility index (Phi) is 5.41. The number of rotatable bonds is 4. The van der Waals surface area contributed by atoms with E-state index in [1.165, 1.54) is 17.0 Å². The second-order valence-electron chi connectivity index (χ2n) is 7.72. The van der Waals surface area contributed by atoms with Gasteiger partial charge in [-0.1, -0.05) is 42.8 Å². The number of likely N-dealkylation sites (tertiary alicyclic amines) is 1. The van der Waals surface area contributed by atoms with Crippen molar-refractivity contribution in [2.45, 2.75) is 26.3 Å². The largest absolute Gasteiger partial charge is 0.366 e. The Morgan fingerprint density at radius 3 is 2.21 bits per heavy atom. The first kappa shape index (κ1) is 19.6. The van der Waals surface area contributed by atoms with E-state index < -0.39 is 0 Å². The third-order valence-electron chi connectivity index (χ3n) is 5.63. The zero-order valence-corrected chi connectivity index (χ0v) is 17.0. The van der Waals surface area contributed by atoms with Crippen LogP contribution in [-0.4, -0.2) is 34.7 Å². The highest BCUT2D eigenvalue weighted by Crippen LogP contribution is 2.34. The van der Waals surface area contributed by atoms with Gasteiger partial charge in [-0.25, -0.2) is 4.39 Å². The number of hydrogen-bond donors (Lipinski definition) is 0. The molecule has 150 valence electrons. The lowest BCUT2D eigenvalue weighted by Crippen LogP contribution is -2.38. The van der Waals surface area contributed by atoms with Gasteiger partial charge in [0.05, 0.1) is 12.1 Å². The maximum Gasteiger partial charge on any atom is 0.278 e. The van der Waals surface area contributed by atoms with Crippen LogP contribution in [-0.2, 0) is 16.1 Å². The number of nitrogens with zero attached hydrogens (tertiary/aromatic N) is 2. The van der Waals surface area contributed by atoms with Gasteiger partial charge in [0.1, 0.15) is 11.5 Å². The minimum Gasteiger partial charge on any atom is -0.366 e. The molecule has 2 aliphatic heterocycles. The van der Waals surface area contributed by atoms with Gasteiger partial charge in [-0.15, -0.1) is 0 Å². The van der Waals surface area contributed by atoms with E-state index in [1.807, 2.05) is 4.90 Å². The highest BCUT2D eigenvalue weighted by Gasteiger charge is 2.42. The Balaban J connectivity index is 1.71. The third-order valence-corrected chi connectivity index (χ3v) is 5.88. The molecule has 29 heavy (non-hydrogen) atoms. The predicted molar refractivity (Wildman–Crippen MR) is 110 cm³/mol. The maximum atomic E-state index is 13.4. The van der Waals surface area contributed by atoms with Crippen LogP contribution in [0.3, 0.4) is 0 Å². The number of halogens is 2. The van der Waals surface area contributed by atoms with Crippen LogP contribution >= 0.6 is 11.6 Å². The van der Waals surface area contributed by atoms with E-state index in [9.17, 15) is 14.0 Å². The molecule has 2 amide bonds. The van der Waals surface area contributed by atoms with Crippen molar-refractivity contribution in [2.24, 2.45) is 5.92 Å². The van der Waals surface area contributed by atoms with Crippen LogP contribution in [0.15, 0.2) is 54.2 Å². The highest BCUT2D eigenvalue weighted by atomic mass is 35.5. The summed E-state index contributed by atoms with van der Waals surface area (Å²) in [6.07, 6.45) is 1.94. The van der Waals surface area contributed by atoms with Crippen LogP contribution in [0.4, 0.5) is 4.39 Å². The van der Waals surface area contributed by atoms with Gasteiger partial charge in [-0.3, -0.25) is 14.5 Å². The lowest BCUT2D eigenvalue weighted by Gasteiger charge is -2.32. The second-order valence-corrected chi connectivity index (χ2v) is 8.16. The van der Waals surface area contributed by atoms with Gasteiger partial charge < -0.3 is 4.90 Å². The van der Waals surface area contributed by atoms with Crippen LogP contribution in [0.5, 0.6) is 0 Å². The van der Waals surface area contributed by atoms with Gasteiger partial charge in [0, 0.05) is 18.1 Å². The number of benzene rings is 2. The van der Waals surface area contributed by atoms with Crippen molar-refractivity contribution in [3.8, 4) is 0 Å². The second kappa shape index (κ2) is 7.99. The molecule has 0 N–H and O–H groups in total. The Labute approximate surface area is 174 Å². The average Bonchev–Trinajstić information content (AvgIpc) is 2.96. The van der Waals surface area contributed by atoms with Crippen LogP contribution in [0.1, 0.15) is 30.9 Å². The van der Waals surface area contributed by atoms with E-state index in [0.29, 0.717) is 27.8 Å². The summed E-state index contributed by atoms with van der Waals surface area (Å²) in [5.74, 6) is -0.417. The van der Waals surface area contributed by atoms with Crippen LogP contribution in [0.25, 0.3) is 5.57 Å². The Morgan fingerprint density at radius 2 is 1.59 bits per heavy atom. The summed E-state index contributed by atoms with van der Waals surface area (Å²) >= 11 is 5.95. The molecule has 1 fully saturated rings. The van der Waals surface area contributed by atoms with Crippen LogP contribution in [0, 0.1) is 11.7 Å². The first-order valence-electron chi connectivity index (χ1n) is 9.80. The maximum absolute atomic E-state index is 13.4. The zero-order valence-electron chi connectivity index (χ0n) is 16.2. The monoisotopic (exact) mass is 412 g/mol. The van der Waals surface area contributed by atoms with Crippen molar-refractivity contribution >= 4 is 29.0 Å². The summed E-state index contributed by atoms with van der Waals surface area (Å²) in [6, 6.07) is 12.9. The minimum atomic E-state index is -0.377. The summed E-state index contributed by atoms with van der Waals surface area (Å²) in [6.45, 7) is 3.83. The van der Waals surface area contributed by atoms with E-state index in [-0.39, 0.29) is 24.2 Å². The molecule has 6 heteroatoms. The van der Waals surface area contributed by atoms with Gasteiger partial charge in [-0.05, 0) is 54.2 Å². The molecule has 0 aromatic heterocycles. The van der Waals surface area contributed by atoms with Crippen molar-refractivity contribution in [3.05, 3.63) is 76.2 Å². The number of carbonyl (C=O) groups excluding carboxylic acids is 2. The molecule has 0 bridgehead atoms. The molecule has 2 heterocycles. The Hall–Kier alpha value is -2.66. The van der Waals surface area contributed by atoms with Crippen molar-refractivity contribution in [1.29, 1.82) is 0 Å². The molecule has 4 nitrogen and oxygen atoms in total. The molecule has 0 atom stereocenters. The molecule has 1 saturated heterocycles. The van der Waals surface area contributed by atoms with E-state index >= 15 is 0 Å². The standard InChI is InChI=1S/C23H22ClFN2O2/c1-15-10-12-26(13-11-15)21-20(17-4-8-19(25)9-5-17)22(28)27(23(21)29)14-16-2-6-18(24)7-3-16/h2-9,15H,10-14H2,1H3. The Morgan fingerprint density at radius 1 is 0.966 bits per heavy atom. The normalized spacial score (nSPS) is 18.2. The number of piperidine rings is 1. The molecular formula is C23H22ClFN2O2.